The number of hydrogen-bond acceptors (Lipinski definition) is 6. The molecule has 2 aliphatic rings. The normalized spacial score (nSPS) is 17.2. The lowest BCUT2D eigenvalue weighted by Gasteiger charge is -2.34. The van der Waals surface area contributed by atoms with Gasteiger partial charge in [-0.2, -0.15) is 0 Å². The fourth-order valence-electron chi connectivity index (χ4n) is 4.11. The molecule has 2 aliphatic heterocycles. The molecular formula is C25H24N4O2S. The topological polar surface area (TPSA) is 66.3 Å². The Labute approximate surface area is 190 Å². The minimum atomic E-state index is -0.455. The molecule has 0 unspecified atom stereocenters. The van der Waals surface area contributed by atoms with Crippen LogP contribution in [0, 0.1) is 0 Å². The summed E-state index contributed by atoms with van der Waals surface area (Å²) in [6.45, 7) is 2.15. The van der Waals surface area contributed by atoms with Gasteiger partial charge in [-0.1, -0.05) is 73.6 Å². The van der Waals surface area contributed by atoms with Crippen LogP contribution in [0.1, 0.15) is 31.5 Å². The number of unbranched alkanes of at least 4 members (excludes halogenated alkanes) is 1. The predicted octanol–water partition coefficient (Wildman–Crippen LogP) is 3.52. The van der Waals surface area contributed by atoms with Crippen molar-refractivity contribution in [3.8, 4) is 5.75 Å². The molecule has 2 heterocycles. The van der Waals surface area contributed by atoms with E-state index in [-0.39, 0.29) is 5.91 Å². The van der Waals surface area contributed by atoms with Crippen molar-refractivity contribution < 1.29 is 9.53 Å². The van der Waals surface area contributed by atoms with Crippen LogP contribution in [0.2, 0.25) is 0 Å². The lowest BCUT2D eigenvalue weighted by atomic mass is 10.00. The molecule has 3 aromatic carbocycles. The standard InChI is InChI=1S/C25H24N4O2S/c1-3-4-15-32-25-27-24(30)22-19-11-7-8-12-20(19)26-23(29(22)28-25)18-13-14-21(31-2)17-10-6-5-9-16(17)18/h5-14,23H,3-4,15H2,1-2H3,(H,27,28,30)/t23-/m1/s1. The van der Waals surface area contributed by atoms with Gasteiger partial charge in [0.15, 0.2) is 11.3 Å². The summed E-state index contributed by atoms with van der Waals surface area (Å²) < 4.78 is 5.58. The number of amides is 1. The van der Waals surface area contributed by atoms with Gasteiger partial charge in [0, 0.05) is 21.9 Å². The molecule has 0 radical (unpaired) electrons. The molecule has 6 nitrogen and oxygen atoms in total. The van der Waals surface area contributed by atoms with E-state index in [2.05, 4.69) is 18.3 Å². The van der Waals surface area contributed by atoms with Crippen LogP contribution in [-0.2, 0) is 4.79 Å². The monoisotopic (exact) mass is 444 g/mol. The first kappa shape index (κ1) is 20.6. The van der Waals surface area contributed by atoms with Gasteiger partial charge in [0.05, 0.1) is 12.5 Å². The van der Waals surface area contributed by atoms with Gasteiger partial charge >= 0.3 is 0 Å². The summed E-state index contributed by atoms with van der Waals surface area (Å²) in [7, 11) is 1.67. The molecule has 0 aromatic heterocycles. The number of para-hydroxylation sites is 1. The van der Waals surface area contributed by atoms with Crippen molar-refractivity contribution in [2.75, 3.05) is 12.9 Å². The van der Waals surface area contributed by atoms with Crippen molar-refractivity contribution in [2.24, 2.45) is 10.1 Å². The molecule has 0 fully saturated rings. The highest BCUT2D eigenvalue weighted by molar-refractivity contribution is 8.13. The van der Waals surface area contributed by atoms with Crippen LogP contribution in [0.5, 0.6) is 5.75 Å². The number of carbonyl (C=O) groups excluding carboxylic acids is 1. The van der Waals surface area contributed by atoms with Crippen molar-refractivity contribution >= 4 is 39.3 Å². The van der Waals surface area contributed by atoms with Gasteiger partial charge in [0.1, 0.15) is 11.4 Å². The fourth-order valence-corrected chi connectivity index (χ4v) is 5.04. The van der Waals surface area contributed by atoms with Crippen molar-refractivity contribution in [2.45, 2.75) is 25.9 Å². The van der Waals surface area contributed by atoms with Gasteiger partial charge in [-0.3, -0.25) is 15.1 Å². The van der Waals surface area contributed by atoms with E-state index in [1.165, 1.54) is 0 Å². The van der Waals surface area contributed by atoms with Crippen LogP contribution < -0.4 is 20.6 Å². The van der Waals surface area contributed by atoms with E-state index in [4.69, 9.17) is 14.8 Å². The first-order valence-corrected chi connectivity index (χ1v) is 11.7. The number of thioether (sulfide) groups is 1. The van der Waals surface area contributed by atoms with E-state index in [1.54, 1.807) is 23.9 Å². The Morgan fingerprint density at radius 1 is 1.06 bits per heavy atom. The van der Waals surface area contributed by atoms with E-state index >= 15 is 0 Å². The minimum absolute atomic E-state index is 0.149. The quantitative estimate of drug-likeness (QED) is 0.612. The third-order valence-corrected chi connectivity index (χ3v) is 6.62. The van der Waals surface area contributed by atoms with Gasteiger partial charge < -0.3 is 4.74 Å². The maximum Gasteiger partial charge on any atom is 0.276 e. The Kier molecular flexibility index (Phi) is 5.57. The fraction of sp³-hybridized carbons (Fsp3) is 0.240. The predicted molar refractivity (Wildman–Crippen MR) is 129 cm³/mol. The molecule has 1 N–H and O–H groups in total. The highest BCUT2D eigenvalue weighted by Crippen LogP contribution is 2.37. The molecule has 0 spiro atoms. The zero-order chi connectivity index (χ0) is 22.1. The Balaban J connectivity index is 1.71. The molecular weight excluding hydrogens is 420 g/mol. The molecule has 3 aromatic rings. The van der Waals surface area contributed by atoms with Crippen molar-refractivity contribution in [3.05, 3.63) is 76.8 Å². The van der Waals surface area contributed by atoms with Crippen LogP contribution in [0.15, 0.2) is 70.8 Å². The van der Waals surface area contributed by atoms with Crippen LogP contribution in [0.4, 0.5) is 0 Å². The van der Waals surface area contributed by atoms with E-state index in [9.17, 15) is 4.79 Å². The Bertz CT molecular complexity index is 1350. The smallest absolute Gasteiger partial charge is 0.276 e. The van der Waals surface area contributed by atoms with Crippen LogP contribution in [0.3, 0.4) is 0 Å². The maximum absolute atomic E-state index is 13.2. The lowest BCUT2D eigenvalue weighted by Crippen LogP contribution is -2.50. The number of fused-ring (bicyclic) bond motifs is 3. The number of benzene rings is 3. The molecule has 7 heteroatoms. The average molecular weight is 445 g/mol. The molecule has 162 valence electrons. The van der Waals surface area contributed by atoms with Crippen molar-refractivity contribution in [1.29, 1.82) is 0 Å². The van der Waals surface area contributed by atoms with Crippen LogP contribution >= 0.6 is 11.8 Å². The summed E-state index contributed by atoms with van der Waals surface area (Å²) in [6, 6.07) is 19.8. The number of ether oxygens (including phenoxy) is 1. The van der Waals surface area contributed by atoms with Gasteiger partial charge in [-0.25, -0.2) is 5.01 Å². The highest BCUT2D eigenvalue weighted by atomic mass is 32.2. The Hall–Kier alpha value is -3.32. The Morgan fingerprint density at radius 3 is 2.66 bits per heavy atom. The Morgan fingerprint density at radius 2 is 1.84 bits per heavy atom. The first-order valence-electron chi connectivity index (χ1n) is 10.8. The largest absolute Gasteiger partial charge is 0.496 e. The van der Waals surface area contributed by atoms with Crippen LogP contribution in [-0.4, -0.2) is 28.9 Å². The second kappa shape index (κ2) is 8.67. The van der Waals surface area contributed by atoms with E-state index in [1.807, 2.05) is 54.6 Å². The first-order chi connectivity index (χ1) is 15.7. The molecule has 5 rings (SSSR count). The van der Waals surface area contributed by atoms with E-state index in [0.717, 1.165) is 51.3 Å². The van der Waals surface area contributed by atoms with Gasteiger partial charge in [0.2, 0.25) is 0 Å². The van der Waals surface area contributed by atoms with Gasteiger partial charge in [-0.05, 0) is 23.9 Å². The molecule has 0 bridgehead atoms. The molecule has 0 saturated heterocycles. The van der Waals surface area contributed by atoms with E-state index < -0.39 is 6.17 Å². The summed E-state index contributed by atoms with van der Waals surface area (Å²) in [5.41, 5.74) is 1.50. The molecule has 0 saturated carbocycles. The zero-order valence-corrected chi connectivity index (χ0v) is 18.9. The molecule has 32 heavy (non-hydrogen) atoms. The SMILES string of the molecule is CCCCSC1=NN2C(=c3ccccc3=N[C@H]2c2ccc(OC)c3ccccc23)C(=O)N1. The summed E-state index contributed by atoms with van der Waals surface area (Å²) >= 11 is 1.57. The van der Waals surface area contributed by atoms with Crippen molar-refractivity contribution in [1.82, 2.24) is 10.3 Å². The summed E-state index contributed by atoms with van der Waals surface area (Å²) in [5.74, 6) is 1.56. The summed E-state index contributed by atoms with van der Waals surface area (Å²) in [6.07, 6.45) is 1.71. The minimum Gasteiger partial charge on any atom is -0.496 e. The molecule has 1 atom stereocenters. The number of nitrogens with one attached hydrogen (secondary N) is 1. The zero-order valence-electron chi connectivity index (χ0n) is 18.0. The number of nitrogens with zero attached hydrogens (tertiary/aromatic N) is 3. The number of rotatable bonds is 5. The maximum atomic E-state index is 13.2. The van der Waals surface area contributed by atoms with E-state index in [0.29, 0.717) is 10.9 Å². The lowest BCUT2D eigenvalue weighted by molar-refractivity contribution is -0.116. The summed E-state index contributed by atoms with van der Waals surface area (Å²) in [5, 5.41) is 13.8. The average Bonchev–Trinajstić information content (AvgIpc) is 2.83. The number of amidine groups is 1. The highest BCUT2D eigenvalue weighted by Gasteiger charge is 2.35. The van der Waals surface area contributed by atoms with Gasteiger partial charge in [-0.15, -0.1) is 5.10 Å². The number of carbonyl (C=O) groups is 1. The molecule has 1 amide bonds. The molecule has 0 aliphatic carbocycles. The second-order valence-corrected chi connectivity index (χ2v) is 8.76. The van der Waals surface area contributed by atoms with Gasteiger partial charge in [0.25, 0.3) is 5.91 Å². The number of hydrazone groups is 1. The second-order valence-electron chi connectivity index (χ2n) is 7.68. The van der Waals surface area contributed by atoms with Crippen LogP contribution in [0.25, 0.3) is 16.5 Å². The number of methoxy groups -OCH3 is 1. The third kappa shape index (κ3) is 3.52. The number of hydrogen-bond donors (Lipinski definition) is 1. The third-order valence-electron chi connectivity index (χ3n) is 5.67. The van der Waals surface area contributed by atoms with Crippen molar-refractivity contribution in [3.63, 3.8) is 0 Å². The summed E-state index contributed by atoms with van der Waals surface area (Å²) in [4.78, 5) is 18.3.